The van der Waals surface area contributed by atoms with Crippen LogP contribution >= 0.6 is 0 Å². The number of carbonyl (C=O) groups excluding carboxylic acids is 1. The predicted octanol–water partition coefficient (Wildman–Crippen LogP) is 1.66. The van der Waals surface area contributed by atoms with E-state index in [-0.39, 0.29) is 12.1 Å². The highest BCUT2D eigenvalue weighted by atomic mass is 16.5. The molecule has 0 amide bonds. The van der Waals surface area contributed by atoms with Gasteiger partial charge in [0.05, 0.1) is 37.5 Å². The molecule has 2 aromatic rings. The number of hydrogen-bond donors (Lipinski definition) is 0. The van der Waals surface area contributed by atoms with Crippen molar-refractivity contribution in [2.24, 2.45) is 0 Å². The zero-order valence-electron chi connectivity index (χ0n) is 13.7. The van der Waals surface area contributed by atoms with Crippen LogP contribution in [-0.4, -0.2) is 53.2 Å². The third-order valence-corrected chi connectivity index (χ3v) is 4.23. The molecule has 1 aliphatic rings. The molecule has 3 rings (SSSR count). The molecular formula is C17H23N3O3. The number of nitrogens with zero attached hydrogens (tertiary/aromatic N) is 3. The number of aromatic nitrogens is 2. The van der Waals surface area contributed by atoms with Crippen LogP contribution in [0.2, 0.25) is 0 Å². The van der Waals surface area contributed by atoms with Crippen LogP contribution in [0.4, 0.5) is 0 Å². The van der Waals surface area contributed by atoms with Crippen molar-refractivity contribution in [1.29, 1.82) is 0 Å². The molecule has 0 saturated carbocycles. The van der Waals surface area contributed by atoms with Crippen molar-refractivity contribution in [3.05, 3.63) is 35.9 Å². The Labute approximate surface area is 136 Å². The van der Waals surface area contributed by atoms with Gasteiger partial charge in [0, 0.05) is 32.3 Å². The van der Waals surface area contributed by atoms with Gasteiger partial charge in [-0.2, -0.15) is 0 Å². The van der Waals surface area contributed by atoms with Crippen LogP contribution in [-0.2, 0) is 27.2 Å². The largest absolute Gasteiger partial charge is 0.469 e. The quantitative estimate of drug-likeness (QED) is 0.785. The minimum atomic E-state index is -0.224. The Morgan fingerprint density at radius 3 is 3.13 bits per heavy atom. The van der Waals surface area contributed by atoms with E-state index in [1.807, 2.05) is 12.1 Å². The van der Waals surface area contributed by atoms with Crippen LogP contribution in [0.25, 0.3) is 5.52 Å². The molecule has 0 unspecified atom stereocenters. The highest BCUT2D eigenvalue weighted by molar-refractivity contribution is 5.69. The second-order valence-corrected chi connectivity index (χ2v) is 5.79. The Balaban J connectivity index is 1.73. The summed E-state index contributed by atoms with van der Waals surface area (Å²) in [5, 5.41) is 0. The van der Waals surface area contributed by atoms with E-state index in [4.69, 9.17) is 14.5 Å². The molecule has 23 heavy (non-hydrogen) atoms. The first-order valence-electron chi connectivity index (χ1n) is 8.07. The van der Waals surface area contributed by atoms with E-state index in [1.165, 1.54) is 7.11 Å². The van der Waals surface area contributed by atoms with E-state index in [9.17, 15) is 4.79 Å². The van der Waals surface area contributed by atoms with Crippen molar-refractivity contribution in [2.75, 3.05) is 26.8 Å². The second-order valence-electron chi connectivity index (χ2n) is 5.79. The summed E-state index contributed by atoms with van der Waals surface area (Å²) < 4.78 is 12.5. The highest BCUT2D eigenvalue weighted by Gasteiger charge is 2.24. The van der Waals surface area contributed by atoms with Crippen LogP contribution in [0.15, 0.2) is 24.4 Å². The van der Waals surface area contributed by atoms with Crippen LogP contribution in [0.1, 0.15) is 24.9 Å². The number of esters is 1. The Hall–Kier alpha value is -1.92. The topological polar surface area (TPSA) is 56.1 Å². The van der Waals surface area contributed by atoms with Crippen LogP contribution in [0.3, 0.4) is 0 Å². The number of morpholine rings is 1. The van der Waals surface area contributed by atoms with E-state index < -0.39 is 0 Å². The predicted molar refractivity (Wildman–Crippen MR) is 86.2 cm³/mol. The lowest BCUT2D eigenvalue weighted by Crippen LogP contribution is -2.43. The average Bonchev–Trinajstić information content (AvgIpc) is 2.93. The van der Waals surface area contributed by atoms with Gasteiger partial charge in [-0.05, 0) is 12.1 Å². The molecule has 0 N–H and O–H groups in total. The van der Waals surface area contributed by atoms with E-state index in [1.54, 1.807) is 0 Å². The van der Waals surface area contributed by atoms with Gasteiger partial charge in [0.15, 0.2) is 0 Å². The summed E-state index contributed by atoms with van der Waals surface area (Å²) >= 11 is 0. The molecule has 1 aliphatic heterocycles. The fourth-order valence-corrected chi connectivity index (χ4v) is 3.06. The molecule has 3 heterocycles. The minimum Gasteiger partial charge on any atom is -0.469 e. The number of imidazole rings is 1. The molecule has 6 heteroatoms. The Bertz CT molecular complexity index is 683. The van der Waals surface area contributed by atoms with Gasteiger partial charge in [-0.25, -0.2) is 4.98 Å². The smallest absolute Gasteiger partial charge is 0.308 e. The number of aryl methyl sites for hydroxylation is 1. The number of methoxy groups -OCH3 is 1. The third-order valence-electron chi connectivity index (χ3n) is 4.23. The lowest BCUT2D eigenvalue weighted by atomic mass is 10.2. The van der Waals surface area contributed by atoms with E-state index in [0.717, 1.165) is 43.1 Å². The fourth-order valence-electron chi connectivity index (χ4n) is 3.06. The summed E-state index contributed by atoms with van der Waals surface area (Å²) in [6, 6.07) is 6.17. The summed E-state index contributed by atoms with van der Waals surface area (Å²) in [5.74, 6) is 0.854. The van der Waals surface area contributed by atoms with E-state index in [2.05, 4.69) is 28.5 Å². The maximum atomic E-state index is 11.4. The zero-order chi connectivity index (χ0) is 16.2. The minimum absolute atomic E-state index is 0.101. The molecule has 124 valence electrons. The average molecular weight is 317 g/mol. The summed E-state index contributed by atoms with van der Waals surface area (Å²) in [6.07, 6.45) is 3.16. The van der Waals surface area contributed by atoms with Gasteiger partial charge in [0.25, 0.3) is 0 Å². The van der Waals surface area contributed by atoms with Gasteiger partial charge in [0.1, 0.15) is 5.82 Å². The van der Waals surface area contributed by atoms with Crippen molar-refractivity contribution >= 4 is 11.5 Å². The molecule has 6 nitrogen and oxygen atoms in total. The monoisotopic (exact) mass is 317 g/mol. The van der Waals surface area contributed by atoms with Gasteiger partial charge >= 0.3 is 5.97 Å². The van der Waals surface area contributed by atoms with Gasteiger partial charge in [-0.1, -0.05) is 13.0 Å². The molecule has 0 spiro atoms. The number of hydrogen-bond acceptors (Lipinski definition) is 5. The highest BCUT2D eigenvalue weighted by Crippen LogP contribution is 2.18. The second kappa shape index (κ2) is 7.10. The summed E-state index contributed by atoms with van der Waals surface area (Å²) in [6.45, 7) is 5.10. The van der Waals surface area contributed by atoms with Crippen molar-refractivity contribution in [3.63, 3.8) is 0 Å². The molecule has 0 aromatic carbocycles. The first kappa shape index (κ1) is 16.0. The SMILES string of the molecule is CCc1nc(CN2CCO[C@@H](CC(=O)OC)C2)c2ccccn12. The van der Waals surface area contributed by atoms with Crippen LogP contribution in [0, 0.1) is 0 Å². The lowest BCUT2D eigenvalue weighted by molar-refractivity contribution is -0.145. The number of fused-ring (bicyclic) bond motifs is 1. The van der Waals surface area contributed by atoms with Crippen molar-refractivity contribution < 1.29 is 14.3 Å². The van der Waals surface area contributed by atoms with Gasteiger partial charge in [-0.15, -0.1) is 0 Å². The first-order valence-corrected chi connectivity index (χ1v) is 8.07. The lowest BCUT2D eigenvalue weighted by Gasteiger charge is -2.32. The molecule has 0 bridgehead atoms. The third kappa shape index (κ3) is 3.54. The van der Waals surface area contributed by atoms with Crippen molar-refractivity contribution in [3.8, 4) is 0 Å². The molecule has 1 atom stereocenters. The molecular weight excluding hydrogens is 294 g/mol. The fraction of sp³-hybridized carbons (Fsp3) is 0.529. The Morgan fingerprint density at radius 1 is 1.48 bits per heavy atom. The molecule has 1 saturated heterocycles. The Morgan fingerprint density at radius 2 is 2.35 bits per heavy atom. The molecule has 2 aromatic heterocycles. The first-order chi connectivity index (χ1) is 11.2. The van der Waals surface area contributed by atoms with E-state index >= 15 is 0 Å². The van der Waals surface area contributed by atoms with Crippen molar-refractivity contribution in [1.82, 2.24) is 14.3 Å². The normalized spacial score (nSPS) is 19.1. The van der Waals surface area contributed by atoms with Crippen molar-refractivity contribution in [2.45, 2.75) is 32.4 Å². The Kier molecular flexibility index (Phi) is 4.93. The maximum Gasteiger partial charge on any atom is 0.308 e. The van der Waals surface area contributed by atoms with Gasteiger partial charge in [-0.3, -0.25) is 9.69 Å². The number of ether oxygens (including phenoxy) is 2. The van der Waals surface area contributed by atoms with Gasteiger partial charge < -0.3 is 13.9 Å². The standard InChI is InChI=1S/C17H23N3O3/c1-3-16-18-14(15-6-4-5-7-20(15)16)12-19-8-9-23-13(11-19)10-17(21)22-2/h4-7,13H,3,8-12H2,1-2H3/t13-/m0/s1. The number of pyridine rings is 1. The van der Waals surface area contributed by atoms with Crippen LogP contribution < -0.4 is 0 Å². The molecule has 0 aliphatic carbocycles. The maximum absolute atomic E-state index is 11.4. The van der Waals surface area contributed by atoms with E-state index in [0.29, 0.717) is 13.0 Å². The summed E-state index contributed by atoms with van der Waals surface area (Å²) in [7, 11) is 1.41. The molecule has 1 fully saturated rings. The number of carbonyl (C=O) groups is 1. The molecule has 0 radical (unpaired) electrons. The zero-order valence-corrected chi connectivity index (χ0v) is 13.7. The number of rotatable bonds is 5. The summed E-state index contributed by atoms with van der Waals surface area (Å²) in [5.41, 5.74) is 2.24. The van der Waals surface area contributed by atoms with Gasteiger partial charge in [0.2, 0.25) is 0 Å². The summed E-state index contributed by atoms with van der Waals surface area (Å²) in [4.78, 5) is 18.5. The van der Waals surface area contributed by atoms with Crippen LogP contribution in [0.5, 0.6) is 0 Å².